The molecule has 2 saturated heterocycles. The maximum atomic E-state index is 14.1. The number of halogens is 2. The fourth-order valence-electron chi connectivity index (χ4n) is 7.59. The number of carbonyl (C=O) groups excluding carboxylic acids is 2. The average Bonchev–Trinajstić information content (AvgIpc) is 3.59. The lowest BCUT2D eigenvalue weighted by Gasteiger charge is -2.45. The second-order valence-electron chi connectivity index (χ2n) is 13.6. The van der Waals surface area contributed by atoms with Crippen LogP contribution in [0, 0.1) is 5.92 Å². The number of rotatable bonds is 16. The van der Waals surface area contributed by atoms with Gasteiger partial charge in [-0.1, -0.05) is 47.5 Å². The summed E-state index contributed by atoms with van der Waals surface area (Å²) in [5, 5.41) is 0.994. The minimum absolute atomic E-state index is 0.0901. The van der Waals surface area contributed by atoms with Gasteiger partial charge >= 0.3 is 0 Å². The first-order chi connectivity index (χ1) is 25.7. The molecular weight excluding hydrogens is 715 g/mol. The number of piperidine rings is 2. The zero-order chi connectivity index (χ0) is 38.0. The first-order valence-corrected chi connectivity index (χ1v) is 19.2. The largest absolute Gasteiger partial charge is 0.493 e. The van der Waals surface area contributed by atoms with Crippen LogP contribution in [0.2, 0.25) is 10.0 Å². The fourth-order valence-corrected chi connectivity index (χ4v) is 7.89. The van der Waals surface area contributed by atoms with Crippen LogP contribution in [-0.4, -0.2) is 98.3 Å². The van der Waals surface area contributed by atoms with Crippen molar-refractivity contribution in [3.8, 4) is 17.2 Å². The Balaban J connectivity index is 1.31. The summed E-state index contributed by atoms with van der Waals surface area (Å²) in [6.45, 7) is 9.20. The molecule has 2 aromatic carbocycles. The Morgan fingerprint density at radius 1 is 0.962 bits per heavy atom. The number of aromatic nitrogens is 2. The van der Waals surface area contributed by atoms with Crippen LogP contribution in [0.15, 0.2) is 54.8 Å². The van der Waals surface area contributed by atoms with E-state index in [1.54, 1.807) is 39.7 Å². The predicted molar refractivity (Wildman–Crippen MR) is 210 cm³/mol. The van der Waals surface area contributed by atoms with Gasteiger partial charge in [0.25, 0.3) is 5.91 Å². The van der Waals surface area contributed by atoms with Gasteiger partial charge < -0.3 is 33.3 Å². The molecule has 0 bridgehead atoms. The van der Waals surface area contributed by atoms with E-state index in [1.807, 2.05) is 65.8 Å². The molecule has 3 aromatic rings. The fraction of sp³-hybridized carbons (Fsp3) is 0.488. The van der Waals surface area contributed by atoms with Crippen LogP contribution in [0.4, 0.5) is 0 Å². The molecule has 0 radical (unpaired) electrons. The van der Waals surface area contributed by atoms with Crippen LogP contribution in [0.1, 0.15) is 78.2 Å². The van der Waals surface area contributed by atoms with Crippen LogP contribution in [0.25, 0.3) is 6.08 Å². The number of hydrogen-bond donors (Lipinski definition) is 0. The number of benzene rings is 2. The number of amides is 1. The van der Waals surface area contributed by atoms with E-state index in [0.29, 0.717) is 71.5 Å². The van der Waals surface area contributed by atoms with Crippen LogP contribution >= 0.6 is 23.2 Å². The van der Waals surface area contributed by atoms with Crippen molar-refractivity contribution in [2.75, 3.05) is 67.3 Å². The highest BCUT2D eigenvalue weighted by Crippen LogP contribution is 2.42. The number of imidazole rings is 1. The van der Waals surface area contributed by atoms with Crippen LogP contribution in [0.5, 0.6) is 17.2 Å². The molecule has 1 unspecified atom stereocenters. The molecule has 2 aliphatic rings. The molecule has 12 heteroatoms. The molecule has 10 nitrogen and oxygen atoms in total. The number of ketones is 1. The van der Waals surface area contributed by atoms with E-state index in [4.69, 9.17) is 42.1 Å². The third-order valence-corrected chi connectivity index (χ3v) is 11.3. The third kappa shape index (κ3) is 9.46. The number of nitrogens with zero attached hydrogens (tertiary/aromatic N) is 4. The second-order valence-corrected chi connectivity index (χ2v) is 14.4. The van der Waals surface area contributed by atoms with E-state index in [9.17, 15) is 9.59 Å². The summed E-state index contributed by atoms with van der Waals surface area (Å²) in [6.07, 6.45) is 13.7. The summed E-state index contributed by atoms with van der Waals surface area (Å²) in [4.78, 5) is 37.0. The van der Waals surface area contributed by atoms with Crippen molar-refractivity contribution in [3.63, 3.8) is 0 Å². The quantitative estimate of drug-likeness (QED) is 0.0823. The molecule has 3 heterocycles. The van der Waals surface area contributed by atoms with Crippen molar-refractivity contribution in [2.45, 2.75) is 57.9 Å². The summed E-state index contributed by atoms with van der Waals surface area (Å²) in [5.41, 5.74) is 2.08. The Bertz CT molecular complexity index is 1760. The van der Waals surface area contributed by atoms with E-state index < -0.39 is 0 Å². The number of carbonyl (C=O) groups is 2. The normalized spacial score (nSPS) is 18.6. The minimum Gasteiger partial charge on any atom is -0.493 e. The summed E-state index contributed by atoms with van der Waals surface area (Å²) in [6, 6.07) is 9.26. The first kappa shape index (κ1) is 40.4. The highest BCUT2D eigenvalue weighted by molar-refractivity contribution is 6.42. The maximum Gasteiger partial charge on any atom is 0.254 e. The van der Waals surface area contributed by atoms with Gasteiger partial charge in [-0.25, -0.2) is 4.98 Å². The molecule has 5 rings (SSSR count). The van der Waals surface area contributed by atoms with E-state index in [-0.39, 0.29) is 23.0 Å². The van der Waals surface area contributed by atoms with Crippen LogP contribution in [-0.2, 0) is 16.7 Å². The molecule has 0 spiro atoms. The van der Waals surface area contributed by atoms with Crippen molar-refractivity contribution in [2.24, 2.45) is 5.92 Å². The average molecular weight is 768 g/mol. The summed E-state index contributed by atoms with van der Waals surface area (Å²) < 4.78 is 24.2. The number of hydrogen-bond acceptors (Lipinski definition) is 8. The molecule has 1 atom stereocenters. The Hall–Kier alpha value is -3.83. The molecule has 53 heavy (non-hydrogen) atoms. The van der Waals surface area contributed by atoms with Crippen LogP contribution < -0.4 is 14.2 Å². The minimum atomic E-state index is -0.350. The van der Waals surface area contributed by atoms with E-state index in [0.717, 1.165) is 63.0 Å². The first-order valence-electron chi connectivity index (χ1n) is 18.4. The standard InChI is InChI=1S/C41H52Cl2N4O6/c1-6-8-9-11-32-27-44-39(47(32)22-23-53-7-2)37(48)29-14-19-45(20-15-29)21-17-41(31-12-13-33(42)34(43)26-31)16-10-18-46(28-41)40(49)30-24-35(50-3)38(52-5)36(25-30)51-4/h6,8-9,11-13,24-27,29H,7,10,14-23,28H2,1-5H3. The number of Topliss-reactive ketones (excluding diaryl/α,β-unsaturated/α-hetero) is 1. The Labute approximate surface area is 323 Å². The number of allylic oxidation sites excluding steroid dienone is 3. The van der Waals surface area contributed by atoms with Crippen LogP contribution in [0.3, 0.4) is 0 Å². The molecule has 0 saturated carbocycles. The van der Waals surface area contributed by atoms with Crippen molar-refractivity contribution >= 4 is 41.0 Å². The monoisotopic (exact) mass is 766 g/mol. The molecule has 0 N–H and O–H groups in total. The Kier molecular flexibility index (Phi) is 14.4. The summed E-state index contributed by atoms with van der Waals surface area (Å²) >= 11 is 13.0. The van der Waals surface area contributed by atoms with Crippen molar-refractivity contribution < 1.29 is 28.5 Å². The highest BCUT2D eigenvalue weighted by atomic mass is 35.5. The van der Waals surface area contributed by atoms with E-state index in [1.165, 1.54) is 0 Å². The van der Waals surface area contributed by atoms with Crippen molar-refractivity contribution in [1.29, 1.82) is 0 Å². The van der Waals surface area contributed by atoms with Gasteiger partial charge in [-0.05, 0) is 101 Å². The number of methoxy groups -OCH3 is 3. The topological polar surface area (TPSA) is 95.4 Å². The molecule has 1 aromatic heterocycles. The Morgan fingerprint density at radius 2 is 1.70 bits per heavy atom. The predicted octanol–water partition coefficient (Wildman–Crippen LogP) is 8.00. The highest BCUT2D eigenvalue weighted by Gasteiger charge is 2.40. The zero-order valence-corrected chi connectivity index (χ0v) is 33.0. The lowest BCUT2D eigenvalue weighted by Crippen LogP contribution is -2.50. The molecular formula is C41H52Cl2N4O6. The molecule has 286 valence electrons. The van der Waals surface area contributed by atoms with E-state index >= 15 is 0 Å². The maximum absolute atomic E-state index is 14.1. The van der Waals surface area contributed by atoms with Gasteiger partial charge in [-0.2, -0.15) is 0 Å². The lowest BCUT2D eigenvalue weighted by atomic mass is 9.71. The van der Waals surface area contributed by atoms with Gasteiger partial charge in [-0.3, -0.25) is 9.59 Å². The molecule has 2 aliphatic heterocycles. The number of ether oxygens (including phenoxy) is 4. The summed E-state index contributed by atoms with van der Waals surface area (Å²) in [7, 11) is 4.63. The van der Waals surface area contributed by atoms with Crippen molar-refractivity contribution in [3.05, 3.63) is 87.4 Å². The van der Waals surface area contributed by atoms with Gasteiger partial charge in [0.1, 0.15) is 0 Å². The number of likely N-dealkylation sites (tertiary alicyclic amines) is 2. The van der Waals surface area contributed by atoms with Gasteiger partial charge in [0, 0.05) is 43.1 Å². The molecule has 0 aliphatic carbocycles. The molecule has 1 amide bonds. The van der Waals surface area contributed by atoms with Gasteiger partial charge in [-0.15, -0.1) is 0 Å². The van der Waals surface area contributed by atoms with Crippen molar-refractivity contribution in [1.82, 2.24) is 19.4 Å². The second kappa shape index (κ2) is 19.0. The van der Waals surface area contributed by atoms with Gasteiger partial charge in [0.15, 0.2) is 17.3 Å². The van der Waals surface area contributed by atoms with E-state index in [2.05, 4.69) is 9.88 Å². The lowest BCUT2D eigenvalue weighted by molar-refractivity contribution is 0.0600. The zero-order valence-electron chi connectivity index (χ0n) is 31.5. The smallest absolute Gasteiger partial charge is 0.254 e. The summed E-state index contributed by atoms with van der Waals surface area (Å²) in [5.74, 6) is 1.69. The van der Waals surface area contributed by atoms with Gasteiger partial charge in [0.2, 0.25) is 11.5 Å². The molecule has 2 fully saturated rings. The third-order valence-electron chi connectivity index (χ3n) is 10.5. The Morgan fingerprint density at radius 3 is 2.34 bits per heavy atom. The SMILES string of the molecule is CC=CC=Cc1cnc(C(=O)C2CCN(CCC3(c4ccc(Cl)c(Cl)c4)CCCN(C(=O)c4cc(OC)c(OC)c(OC)c4)C3)CC2)n1CCOCC. The van der Waals surface area contributed by atoms with Gasteiger partial charge in [0.05, 0.1) is 49.9 Å².